The van der Waals surface area contributed by atoms with E-state index in [1.807, 2.05) is 0 Å². The molecule has 2 atom stereocenters. The summed E-state index contributed by atoms with van der Waals surface area (Å²) >= 11 is 0. The second kappa shape index (κ2) is 13.2. The first-order valence-corrected chi connectivity index (χ1v) is 12.9. The largest absolute Gasteiger partial charge is 0.497 e. The number of alkyl halides is 3. The van der Waals surface area contributed by atoms with Gasteiger partial charge in [0.2, 0.25) is 23.8 Å². The Morgan fingerprint density at radius 1 is 0.977 bits per heavy atom. The second-order valence-electron chi connectivity index (χ2n) is 9.37. The van der Waals surface area contributed by atoms with Crippen molar-refractivity contribution in [3.63, 3.8) is 0 Å². The lowest BCUT2D eigenvalue weighted by Gasteiger charge is -2.24. The summed E-state index contributed by atoms with van der Waals surface area (Å²) in [5.74, 6) is -2.08. The number of nitrogen functional groups attached to an aromatic ring is 1. The Bertz CT molecular complexity index is 1600. The van der Waals surface area contributed by atoms with Crippen LogP contribution in [0, 0.1) is 0 Å². The van der Waals surface area contributed by atoms with Crippen LogP contribution in [0.2, 0.25) is 0 Å². The molecule has 0 saturated heterocycles. The van der Waals surface area contributed by atoms with E-state index in [1.165, 1.54) is 25.3 Å². The van der Waals surface area contributed by atoms with Crippen LogP contribution in [0.3, 0.4) is 0 Å². The molecule has 43 heavy (non-hydrogen) atoms. The maximum absolute atomic E-state index is 14.5. The van der Waals surface area contributed by atoms with Crippen molar-refractivity contribution in [3.05, 3.63) is 90.0 Å². The number of carbonyl (C=O) groups is 2. The lowest BCUT2D eigenvalue weighted by atomic mass is 9.95. The summed E-state index contributed by atoms with van der Waals surface area (Å²) in [6.07, 6.45) is -7.24. The zero-order valence-corrected chi connectivity index (χ0v) is 22.8. The zero-order chi connectivity index (χ0) is 31.1. The number of carboxylic acid groups (broad SMARTS) is 1. The van der Waals surface area contributed by atoms with Gasteiger partial charge >= 0.3 is 12.1 Å². The number of nitrogens with one attached hydrogen (secondary N) is 1. The van der Waals surface area contributed by atoms with Gasteiger partial charge in [-0.05, 0) is 28.8 Å². The Hall–Kier alpha value is -5.17. The number of halogens is 3. The predicted octanol–water partition coefficient (Wildman–Crippen LogP) is 4.15. The predicted molar refractivity (Wildman–Crippen MR) is 152 cm³/mol. The highest BCUT2D eigenvalue weighted by atomic mass is 19.4. The van der Waals surface area contributed by atoms with Gasteiger partial charge < -0.3 is 31.4 Å². The van der Waals surface area contributed by atoms with E-state index >= 15 is 0 Å². The molecule has 0 unspecified atom stereocenters. The minimum absolute atomic E-state index is 0.0262. The van der Waals surface area contributed by atoms with Gasteiger partial charge in [0.1, 0.15) is 11.8 Å². The fourth-order valence-electron chi connectivity index (χ4n) is 4.36. The normalized spacial score (nSPS) is 12.7. The first-order valence-electron chi connectivity index (χ1n) is 12.9. The van der Waals surface area contributed by atoms with Gasteiger partial charge in [0, 0.05) is 23.6 Å². The summed E-state index contributed by atoms with van der Waals surface area (Å²) in [5, 5.41) is 11.7. The van der Waals surface area contributed by atoms with Crippen LogP contribution in [0.15, 0.2) is 78.9 Å². The number of nitrogens with two attached hydrogens (primary N) is 2. The molecule has 10 nitrogen and oxygen atoms in total. The quantitative estimate of drug-likeness (QED) is 0.199. The molecule has 0 fully saturated rings. The van der Waals surface area contributed by atoms with Gasteiger partial charge in [-0.3, -0.25) is 4.79 Å². The van der Waals surface area contributed by atoms with E-state index in [4.69, 9.17) is 20.9 Å². The summed E-state index contributed by atoms with van der Waals surface area (Å²) in [5.41, 5.74) is 13.0. The van der Waals surface area contributed by atoms with E-state index in [0.29, 0.717) is 28.0 Å². The van der Waals surface area contributed by atoms with E-state index < -0.39 is 36.1 Å². The fourth-order valence-corrected chi connectivity index (χ4v) is 4.36. The van der Waals surface area contributed by atoms with E-state index in [9.17, 15) is 27.9 Å². The average molecular weight is 596 g/mol. The Labute approximate surface area is 244 Å². The maximum atomic E-state index is 14.5. The van der Waals surface area contributed by atoms with Gasteiger partial charge in [-0.25, -0.2) is 9.78 Å². The molecule has 0 spiro atoms. The Morgan fingerprint density at radius 3 is 2.35 bits per heavy atom. The number of carbonyl (C=O) groups excluding carboxylic acids is 1. The van der Waals surface area contributed by atoms with Crippen molar-refractivity contribution in [2.75, 3.05) is 19.4 Å². The molecule has 13 heteroatoms. The summed E-state index contributed by atoms with van der Waals surface area (Å²) in [6, 6.07) is 19.1. The molecule has 3 aromatic carbocycles. The molecular weight excluding hydrogens is 567 g/mol. The Balaban J connectivity index is 1.63. The smallest absolute Gasteiger partial charge is 0.429 e. The number of nitrogens with zero attached hydrogens (tertiary/aromatic N) is 2. The number of rotatable bonds is 11. The zero-order valence-electron chi connectivity index (χ0n) is 22.8. The average Bonchev–Trinajstić information content (AvgIpc) is 2.99. The van der Waals surface area contributed by atoms with Crippen LogP contribution < -0.4 is 26.3 Å². The van der Waals surface area contributed by atoms with E-state index in [1.54, 1.807) is 60.7 Å². The topological polar surface area (TPSA) is 163 Å². The van der Waals surface area contributed by atoms with E-state index in [-0.39, 0.29) is 30.2 Å². The number of aromatic nitrogens is 2. The number of anilines is 1. The molecule has 0 radical (unpaired) electrons. The number of hydrogen-bond acceptors (Lipinski definition) is 8. The Morgan fingerprint density at radius 2 is 1.70 bits per heavy atom. The molecule has 224 valence electrons. The van der Waals surface area contributed by atoms with Crippen molar-refractivity contribution in [1.82, 2.24) is 15.3 Å². The fraction of sp³-hybridized carbons (Fsp3) is 0.200. The molecule has 0 bridgehead atoms. The van der Waals surface area contributed by atoms with Gasteiger partial charge in [-0.15, -0.1) is 0 Å². The molecule has 1 amide bonds. The van der Waals surface area contributed by atoms with Gasteiger partial charge in [-0.1, -0.05) is 60.7 Å². The van der Waals surface area contributed by atoms with Crippen molar-refractivity contribution in [3.8, 4) is 34.0 Å². The van der Waals surface area contributed by atoms with E-state index in [0.717, 1.165) is 0 Å². The number of aliphatic carboxylic acids is 1. The number of benzene rings is 3. The summed E-state index contributed by atoms with van der Waals surface area (Å²) < 4.78 is 54.1. The van der Waals surface area contributed by atoms with Crippen LogP contribution in [-0.4, -0.2) is 52.8 Å². The van der Waals surface area contributed by atoms with Gasteiger partial charge in [0.15, 0.2) is 0 Å². The number of hydrogen-bond donors (Lipinski definition) is 4. The van der Waals surface area contributed by atoms with Gasteiger partial charge in [0.05, 0.1) is 19.3 Å². The third-order valence-electron chi connectivity index (χ3n) is 6.39. The first-order chi connectivity index (χ1) is 20.5. The number of carboxylic acids is 1. The molecule has 0 aliphatic rings. The van der Waals surface area contributed by atoms with Crippen molar-refractivity contribution in [2.24, 2.45) is 5.73 Å². The lowest BCUT2D eigenvalue weighted by Crippen LogP contribution is -2.44. The van der Waals surface area contributed by atoms with Crippen LogP contribution in [0.25, 0.3) is 22.4 Å². The third kappa shape index (κ3) is 7.77. The molecular formula is C30H28F3N5O5. The number of methoxy groups -OCH3 is 1. The highest BCUT2D eigenvalue weighted by Crippen LogP contribution is 2.41. The highest BCUT2D eigenvalue weighted by molar-refractivity contribution is 5.84. The standard InChI is InChI=1S/C30H28F3N5O5/c1-42-20-6-4-5-19(14-20)21-7-2-3-8-22(21)27(30(31,32)33)43-26-15-23(37-29(35)38-26)18-11-9-17(10-12-18)13-24(28(40)41)36-25(39)16-34/h2-12,14-15,24,27H,13,16,34H2,1H3,(H,36,39)(H,40,41)(H2,35,37,38)/t24-,27+/m0/s1. The van der Waals surface area contributed by atoms with Crippen LogP contribution in [0.4, 0.5) is 19.1 Å². The SMILES string of the molecule is COc1cccc(-c2ccccc2[C@@H](Oc2cc(-c3ccc(C[C@H](NC(=O)CN)C(=O)O)cc3)nc(N)n2)C(F)(F)F)c1. The number of ether oxygens (including phenoxy) is 2. The summed E-state index contributed by atoms with van der Waals surface area (Å²) in [6.45, 7) is -0.357. The van der Waals surface area contributed by atoms with Crippen LogP contribution in [0.1, 0.15) is 17.2 Å². The molecule has 6 N–H and O–H groups in total. The van der Waals surface area contributed by atoms with E-state index in [2.05, 4.69) is 15.3 Å². The van der Waals surface area contributed by atoms with Crippen LogP contribution in [-0.2, 0) is 16.0 Å². The lowest BCUT2D eigenvalue weighted by molar-refractivity contribution is -0.198. The molecule has 1 heterocycles. The molecule has 0 saturated carbocycles. The minimum atomic E-state index is -4.82. The number of amides is 1. The van der Waals surface area contributed by atoms with Crippen molar-refractivity contribution in [1.29, 1.82) is 0 Å². The molecule has 4 rings (SSSR count). The second-order valence-corrected chi connectivity index (χ2v) is 9.37. The van der Waals surface area contributed by atoms with Crippen LogP contribution >= 0.6 is 0 Å². The van der Waals surface area contributed by atoms with Crippen molar-refractivity contribution < 1.29 is 37.3 Å². The molecule has 1 aromatic heterocycles. The Kier molecular flexibility index (Phi) is 9.46. The van der Waals surface area contributed by atoms with Crippen molar-refractivity contribution in [2.45, 2.75) is 24.7 Å². The molecule has 4 aromatic rings. The van der Waals surface area contributed by atoms with Crippen molar-refractivity contribution >= 4 is 17.8 Å². The summed E-state index contributed by atoms with van der Waals surface area (Å²) in [7, 11) is 1.47. The molecule has 0 aliphatic heterocycles. The maximum Gasteiger partial charge on any atom is 0.429 e. The van der Waals surface area contributed by atoms with Gasteiger partial charge in [0.25, 0.3) is 0 Å². The summed E-state index contributed by atoms with van der Waals surface area (Å²) in [4.78, 5) is 31.1. The minimum Gasteiger partial charge on any atom is -0.497 e. The molecule has 0 aliphatic carbocycles. The van der Waals surface area contributed by atoms with Crippen LogP contribution in [0.5, 0.6) is 11.6 Å². The third-order valence-corrected chi connectivity index (χ3v) is 6.39. The monoisotopic (exact) mass is 595 g/mol. The highest BCUT2D eigenvalue weighted by Gasteiger charge is 2.44. The first kappa shape index (κ1) is 30.8. The van der Waals surface area contributed by atoms with Gasteiger partial charge in [-0.2, -0.15) is 18.2 Å².